The molecule has 1 heterocycles. The van der Waals surface area contributed by atoms with Gasteiger partial charge in [-0.05, 0) is 30.5 Å². The fourth-order valence-electron chi connectivity index (χ4n) is 2.40. The van der Waals surface area contributed by atoms with Gasteiger partial charge in [-0.1, -0.05) is 42.5 Å². The molecule has 1 aromatic heterocycles. The van der Waals surface area contributed by atoms with Gasteiger partial charge in [0.15, 0.2) is 5.82 Å². The van der Waals surface area contributed by atoms with Gasteiger partial charge >= 0.3 is 0 Å². The first-order chi connectivity index (χ1) is 9.34. The maximum atomic E-state index is 5.93. The van der Waals surface area contributed by atoms with Crippen LogP contribution in [0.5, 0.6) is 0 Å². The lowest BCUT2D eigenvalue weighted by Gasteiger charge is -2.03. The van der Waals surface area contributed by atoms with Crippen molar-refractivity contribution >= 4 is 16.7 Å². The van der Waals surface area contributed by atoms with E-state index in [-0.39, 0.29) is 0 Å². The standard InChI is InChI=1S/C16H17N3/c17-16-14-10-4-5-11-15(14)19(18-16)12-6-9-13-7-2-1-3-8-13/h1-5,7-8,10-11H,6,9,12H2,(H2,17,18). The molecule has 0 spiro atoms. The van der Waals surface area contributed by atoms with Crippen LogP contribution >= 0.6 is 0 Å². The van der Waals surface area contributed by atoms with Crippen molar-refractivity contribution in [3.63, 3.8) is 0 Å². The van der Waals surface area contributed by atoms with Gasteiger partial charge in [-0.3, -0.25) is 4.68 Å². The number of nitrogens with zero attached hydrogens (tertiary/aromatic N) is 2. The number of hydrogen-bond donors (Lipinski definition) is 1. The van der Waals surface area contributed by atoms with E-state index in [0.29, 0.717) is 5.82 Å². The number of nitrogens with two attached hydrogens (primary N) is 1. The molecule has 0 atom stereocenters. The molecule has 2 N–H and O–H groups in total. The van der Waals surface area contributed by atoms with E-state index in [1.54, 1.807) is 0 Å². The van der Waals surface area contributed by atoms with Crippen LogP contribution in [0, 0.1) is 0 Å². The smallest absolute Gasteiger partial charge is 0.153 e. The molecular formula is C16H17N3. The Labute approximate surface area is 112 Å². The molecule has 0 fully saturated rings. The fraction of sp³-hybridized carbons (Fsp3) is 0.188. The molecule has 0 saturated heterocycles. The van der Waals surface area contributed by atoms with Gasteiger partial charge in [-0.15, -0.1) is 0 Å². The van der Waals surface area contributed by atoms with Crippen LogP contribution in [0.15, 0.2) is 54.6 Å². The van der Waals surface area contributed by atoms with Gasteiger partial charge in [0.1, 0.15) is 0 Å². The van der Waals surface area contributed by atoms with Crippen LogP contribution in [0.2, 0.25) is 0 Å². The second-order valence-corrected chi connectivity index (χ2v) is 4.71. The predicted octanol–water partition coefficient (Wildman–Crippen LogP) is 3.25. The molecule has 0 aliphatic heterocycles. The second kappa shape index (κ2) is 5.14. The zero-order valence-electron chi connectivity index (χ0n) is 10.8. The normalized spacial score (nSPS) is 10.9. The molecule has 0 saturated carbocycles. The van der Waals surface area contributed by atoms with Crippen LogP contribution in [0.1, 0.15) is 12.0 Å². The fourth-order valence-corrected chi connectivity index (χ4v) is 2.40. The minimum atomic E-state index is 0.621. The number of fused-ring (bicyclic) bond motifs is 1. The van der Waals surface area contributed by atoms with Crippen molar-refractivity contribution in [2.45, 2.75) is 19.4 Å². The Morgan fingerprint density at radius 1 is 0.947 bits per heavy atom. The highest BCUT2D eigenvalue weighted by Crippen LogP contribution is 2.20. The number of anilines is 1. The average molecular weight is 251 g/mol. The Kier molecular flexibility index (Phi) is 3.19. The van der Waals surface area contributed by atoms with Crippen molar-refractivity contribution in [1.82, 2.24) is 9.78 Å². The summed E-state index contributed by atoms with van der Waals surface area (Å²) in [5.74, 6) is 0.621. The Morgan fingerprint density at radius 3 is 2.53 bits per heavy atom. The summed E-state index contributed by atoms with van der Waals surface area (Å²) in [6.45, 7) is 0.895. The van der Waals surface area contributed by atoms with E-state index in [9.17, 15) is 0 Å². The molecule has 0 unspecified atom stereocenters. The van der Waals surface area contributed by atoms with Gasteiger partial charge in [0.05, 0.1) is 5.52 Å². The molecule has 96 valence electrons. The lowest BCUT2D eigenvalue weighted by atomic mass is 10.1. The lowest BCUT2D eigenvalue weighted by molar-refractivity contribution is 0.598. The van der Waals surface area contributed by atoms with E-state index in [0.717, 1.165) is 30.3 Å². The third-order valence-corrected chi connectivity index (χ3v) is 3.36. The van der Waals surface area contributed by atoms with Crippen LogP contribution in [0.4, 0.5) is 5.82 Å². The van der Waals surface area contributed by atoms with Gasteiger partial charge in [0, 0.05) is 11.9 Å². The maximum Gasteiger partial charge on any atom is 0.153 e. The van der Waals surface area contributed by atoms with Crippen LogP contribution in [-0.4, -0.2) is 9.78 Å². The molecule has 2 aromatic carbocycles. The van der Waals surface area contributed by atoms with Crippen molar-refractivity contribution in [2.75, 3.05) is 5.73 Å². The number of hydrogen-bond acceptors (Lipinski definition) is 2. The van der Waals surface area contributed by atoms with E-state index < -0.39 is 0 Å². The highest BCUT2D eigenvalue weighted by molar-refractivity contribution is 5.88. The van der Waals surface area contributed by atoms with E-state index in [1.165, 1.54) is 5.56 Å². The molecule has 3 nitrogen and oxygen atoms in total. The van der Waals surface area contributed by atoms with E-state index in [4.69, 9.17) is 5.73 Å². The summed E-state index contributed by atoms with van der Waals surface area (Å²) in [4.78, 5) is 0. The van der Waals surface area contributed by atoms with Gasteiger partial charge in [0.25, 0.3) is 0 Å². The predicted molar refractivity (Wildman–Crippen MR) is 78.9 cm³/mol. The molecule has 19 heavy (non-hydrogen) atoms. The summed E-state index contributed by atoms with van der Waals surface area (Å²) in [5, 5.41) is 5.46. The monoisotopic (exact) mass is 251 g/mol. The van der Waals surface area contributed by atoms with Crippen molar-refractivity contribution in [3.05, 3.63) is 60.2 Å². The highest BCUT2D eigenvalue weighted by atomic mass is 15.3. The summed E-state index contributed by atoms with van der Waals surface area (Å²) < 4.78 is 2.01. The van der Waals surface area contributed by atoms with Crippen LogP contribution in [0.3, 0.4) is 0 Å². The highest BCUT2D eigenvalue weighted by Gasteiger charge is 2.06. The van der Waals surface area contributed by atoms with Gasteiger partial charge in [0.2, 0.25) is 0 Å². The summed E-state index contributed by atoms with van der Waals surface area (Å²) >= 11 is 0. The van der Waals surface area contributed by atoms with Crippen LogP contribution in [-0.2, 0) is 13.0 Å². The van der Waals surface area contributed by atoms with E-state index in [2.05, 4.69) is 35.4 Å². The molecule has 3 heteroatoms. The minimum Gasteiger partial charge on any atom is -0.382 e. The first-order valence-corrected chi connectivity index (χ1v) is 6.59. The van der Waals surface area contributed by atoms with Gasteiger partial charge < -0.3 is 5.73 Å². The maximum absolute atomic E-state index is 5.93. The zero-order valence-corrected chi connectivity index (χ0v) is 10.8. The quantitative estimate of drug-likeness (QED) is 0.773. The molecule has 0 aliphatic carbocycles. The van der Waals surface area contributed by atoms with Crippen LogP contribution in [0.25, 0.3) is 10.9 Å². The summed E-state index contributed by atoms with van der Waals surface area (Å²) in [5.41, 5.74) is 8.41. The molecular weight excluding hydrogens is 234 g/mol. The first kappa shape index (κ1) is 11.8. The molecule has 0 aliphatic rings. The van der Waals surface area contributed by atoms with Gasteiger partial charge in [-0.25, -0.2) is 0 Å². The van der Waals surface area contributed by atoms with Crippen LogP contribution < -0.4 is 5.73 Å². The molecule has 0 radical (unpaired) electrons. The van der Waals surface area contributed by atoms with E-state index in [1.807, 2.05) is 28.9 Å². The third kappa shape index (κ3) is 2.45. The third-order valence-electron chi connectivity index (χ3n) is 3.36. The number of nitrogen functional groups attached to an aromatic ring is 1. The molecule has 0 bridgehead atoms. The topological polar surface area (TPSA) is 43.8 Å². The number of benzene rings is 2. The molecule has 3 rings (SSSR count). The Bertz CT molecular complexity index is 671. The molecule has 3 aromatic rings. The largest absolute Gasteiger partial charge is 0.382 e. The lowest BCUT2D eigenvalue weighted by Crippen LogP contribution is -2.02. The van der Waals surface area contributed by atoms with E-state index >= 15 is 0 Å². The van der Waals surface area contributed by atoms with Crippen molar-refractivity contribution < 1.29 is 0 Å². The second-order valence-electron chi connectivity index (χ2n) is 4.71. The first-order valence-electron chi connectivity index (χ1n) is 6.59. The Morgan fingerprint density at radius 2 is 1.68 bits per heavy atom. The minimum absolute atomic E-state index is 0.621. The number of para-hydroxylation sites is 1. The Hall–Kier alpha value is -2.29. The van der Waals surface area contributed by atoms with Crippen molar-refractivity contribution in [1.29, 1.82) is 0 Å². The summed E-state index contributed by atoms with van der Waals surface area (Å²) in [6.07, 6.45) is 2.13. The summed E-state index contributed by atoms with van der Waals surface area (Å²) in [7, 11) is 0. The SMILES string of the molecule is Nc1nn(CCCc2ccccc2)c2ccccc12. The van der Waals surface area contributed by atoms with Crippen molar-refractivity contribution in [2.24, 2.45) is 0 Å². The summed E-state index contributed by atoms with van der Waals surface area (Å²) in [6, 6.07) is 18.6. The number of aryl methyl sites for hydroxylation is 2. The number of aromatic nitrogens is 2. The zero-order chi connectivity index (χ0) is 13.1. The Balaban J connectivity index is 1.72. The molecule has 0 amide bonds. The van der Waals surface area contributed by atoms with Gasteiger partial charge in [-0.2, -0.15) is 5.10 Å². The number of rotatable bonds is 4. The van der Waals surface area contributed by atoms with Crippen molar-refractivity contribution in [3.8, 4) is 0 Å². The average Bonchev–Trinajstić information content (AvgIpc) is 2.78.